The highest BCUT2D eigenvalue weighted by Crippen LogP contribution is 2.34. The molecular formula is C17H13ClO4. The summed E-state index contributed by atoms with van der Waals surface area (Å²) in [6, 6.07) is 9.62. The molecule has 0 saturated carbocycles. The first-order chi connectivity index (χ1) is 10.5. The Morgan fingerprint density at radius 3 is 2.64 bits per heavy atom. The molecule has 0 spiro atoms. The van der Waals surface area contributed by atoms with E-state index in [2.05, 4.69) is 0 Å². The quantitative estimate of drug-likeness (QED) is 0.772. The summed E-state index contributed by atoms with van der Waals surface area (Å²) >= 11 is 6.16. The average Bonchev–Trinajstić information content (AvgIpc) is 2.47. The summed E-state index contributed by atoms with van der Waals surface area (Å²) in [4.78, 5) is 12.3. The van der Waals surface area contributed by atoms with Crippen LogP contribution in [-0.4, -0.2) is 12.2 Å². The van der Waals surface area contributed by atoms with Gasteiger partial charge in [0.05, 0.1) is 23.1 Å². The Hall–Kier alpha value is -2.46. The molecule has 0 fully saturated rings. The molecule has 3 aromatic rings. The van der Waals surface area contributed by atoms with E-state index in [1.165, 1.54) is 13.2 Å². The van der Waals surface area contributed by atoms with Gasteiger partial charge in [-0.25, -0.2) is 0 Å². The van der Waals surface area contributed by atoms with Crippen LogP contribution in [0.5, 0.6) is 11.5 Å². The Kier molecular flexibility index (Phi) is 3.54. The molecule has 0 unspecified atom stereocenters. The van der Waals surface area contributed by atoms with Gasteiger partial charge in [-0.1, -0.05) is 17.7 Å². The third kappa shape index (κ3) is 2.42. The summed E-state index contributed by atoms with van der Waals surface area (Å²) in [6.07, 6.45) is 0. The van der Waals surface area contributed by atoms with Gasteiger partial charge >= 0.3 is 0 Å². The average molecular weight is 317 g/mol. The molecule has 5 heteroatoms. The zero-order valence-electron chi connectivity index (χ0n) is 12.0. The molecule has 0 atom stereocenters. The lowest BCUT2D eigenvalue weighted by Crippen LogP contribution is -2.01. The van der Waals surface area contributed by atoms with Gasteiger partial charge in [0.2, 0.25) is 0 Å². The monoisotopic (exact) mass is 316 g/mol. The molecule has 22 heavy (non-hydrogen) atoms. The van der Waals surface area contributed by atoms with Crippen molar-refractivity contribution in [3.8, 4) is 22.8 Å². The first-order valence-corrected chi connectivity index (χ1v) is 6.99. The number of ether oxygens (including phenoxy) is 1. The normalized spacial score (nSPS) is 10.9. The minimum Gasteiger partial charge on any atom is -0.507 e. The minimum absolute atomic E-state index is 0.0483. The fourth-order valence-corrected chi connectivity index (χ4v) is 2.54. The minimum atomic E-state index is -0.253. The number of halogens is 1. The second-order valence-electron chi connectivity index (χ2n) is 4.98. The van der Waals surface area contributed by atoms with Crippen molar-refractivity contribution in [2.45, 2.75) is 6.92 Å². The van der Waals surface area contributed by atoms with Crippen molar-refractivity contribution in [3.05, 3.63) is 57.2 Å². The molecular weight excluding hydrogens is 304 g/mol. The van der Waals surface area contributed by atoms with Crippen molar-refractivity contribution >= 4 is 22.6 Å². The molecule has 0 amide bonds. The van der Waals surface area contributed by atoms with Crippen LogP contribution in [0.4, 0.5) is 0 Å². The van der Waals surface area contributed by atoms with E-state index in [0.29, 0.717) is 16.7 Å². The van der Waals surface area contributed by atoms with Crippen LogP contribution in [0.2, 0.25) is 5.02 Å². The molecule has 1 N–H and O–H groups in total. The smallest absolute Gasteiger partial charge is 0.193 e. The van der Waals surface area contributed by atoms with Gasteiger partial charge in [-0.3, -0.25) is 4.79 Å². The van der Waals surface area contributed by atoms with Gasteiger partial charge in [0.1, 0.15) is 17.3 Å². The Morgan fingerprint density at radius 2 is 1.95 bits per heavy atom. The number of aryl methyl sites for hydroxylation is 1. The van der Waals surface area contributed by atoms with E-state index in [4.69, 9.17) is 20.8 Å². The van der Waals surface area contributed by atoms with Gasteiger partial charge in [-0.2, -0.15) is 0 Å². The molecule has 1 heterocycles. The van der Waals surface area contributed by atoms with E-state index in [1.807, 2.05) is 13.0 Å². The summed E-state index contributed by atoms with van der Waals surface area (Å²) in [6.45, 7) is 1.86. The number of hydrogen-bond donors (Lipinski definition) is 1. The van der Waals surface area contributed by atoms with E-state index in [9.17, 15) is 9.90 Å². The maximum absolute atomic E-state index is 12.3. The fourth-order valence-electron chi connectivity index (χ4n) is 2.29. The van der Waals surface area contributed by atoms with Crippen LogP contribution < -0.4 is 10.2 Å². The molecule has 0 saturated heterocycles. The standard InChI is InChI=1S/C17H13ClO4/c1-9-3-4-11(14(19)5-9)16-8-15(20)12-6-10(21-2)7-13(18)17(12)22-16/h3-8,19H,1-2H3. The number of phenolic OH excluding ortho intramolecular Hbond substituents is 1. The van der Waals surface area contributed by atoms with Crippen molar-refractivity contribution in [3.63, 3.8) is 0 Å². The Labute approximate surface area is 131 Å². The zero-order valence-corrected chi connectivity index (χ0v) is 12.8. The van der Waals surface area contributed by atoms with Crippen LogP contribution in [0.25, 0.3) is 22.3 Å². The van der Waals surface area contributed by atoms with E-state index in [1.54, 1.807) is 24.3 Å². The van der Waals surface area contributed by atoms with Crippen molar-refractivity contribution in [2.75, 3.05) is 7.11 Å². The van der Waals surface area contributed by atoms with Crippen LogP contribution in [0.15, 0.2) is 45.6 Å². The summed E-state index contributed by atoms with van der Waals surface area (Å²) in [5, 5.41) is 10.7. The Bertz CT molecular complexity index is 928. The summed E-state index contributed by atoms with van der Waals surface area (Å²) in [5.74, 6) is 0.796. The molecule has 0 bridgehead atoms. The fraction of sp³-hybridized carbons (Fsp3) is 0.118. The van der Waals surface area contributed by atoms with Gasteiger partial charge in [0, 0.05) is 12.1 Å². The maximum Gasteiger partial charge on any atom is 0.193 e. The number of benzene rings is 2. The highest BCUT2D eigenvalue weighted by atomic mass is 35.5. The molecule has 4 nitrogen and oxygen atoms in total. The highest BCUT2D eigenvalue weighted by Gasteiger charge is 2.14. The number of phenols is 1. The number of methoxy groups -OCH3 is 1. The van der Waals surface area contributed by atoms with Crippen LogP contribution in [-0.2, 0) is 0 Å². The maximum atomic E-state index is 12.3. The van der Waals surface area contributed by atoms with Gasteiger partial charge in [0.25, 0.3) is 0 Å². The molecule has 0 aliphatic rings. The van der Waals surface area contributed by atoms with Gasteiger partial charge in [-0.15, -0.1) is 0 Å². The van der Waals surface area contributed by atoms with E-state index in [0.717, 1.165) is 5.56 Å². The zero-order chi connectivity index (χ0) is 15.9. The highest BCUT2D eigenvalue weighted by molar-refractivity contribution is 6.35. The summed E-state index contributed by atoms with van der Waals surface area (Å²) in [7, 11) is 1.50. The predicted octanol–water partition coefficient (Wildman–Crippen LogP) is 4.14. The number of hydrogen-bond acceptors (Lipinski definition) is 4. The first kappa shape index (κ1) is 14.5. The van der Waals surface area contributed by atoms with Crippen molar-refractivity contribution < 1.29 is 14.3 Å². The predicted molar refractivity (Wildman–Crippen MR) is 85.9 cm³/mol. The second kappa shape index (κ2) is 5.39. The van der Waals surface area contributed by atoms with E-state index < -0.39 is 0 Å². The van der Waals surface area contributed by atoms with Gasteiger partial charge in [0.15, 0.2) is 11.0 Å². The first-order valence-electron chi connectivity index (χ1n) is 6.61. The lowest BCUT2D eigenvalue weighted by atomic mass is 10.1. The van der Waals surface area contributed by atoms with Crippen molar-refractivity contribution in [1.82, 2.24) is 0 Å². The molecule has 2 aromatic carbocycles. The number of rotatable bonds is 2. The van der Waals surface area contributed by atoms with Gasteiger partial charge < -0.3 is 14.3 Å². The van der Waals surface area contributed by atoms with Crippen LogP contribution in [0, 0.1) is 6.92 Å². The van der Waals surface area contributed by atoms with E-state index >= 15 is 0 Å². The van der Waals surface area contributed by atoms with Crippen molar-refractivity contribution in [1.29, 1.82) is 0 Å². The Balaban J connectivity index is 2.29. The molecule has 0 aliphatic heterocycles. The SMILES string of the molecule is COc1cc(Cl)c2oc(-c3ccc(C)cc3O)cc(=O)c2c1. The third-order valence-electron chi connectivity index (χ3n) is 3.41. The summed E-state index contributed by atoms with van der Waals surface area (Å²) < 4.78 is 10.8. The lowest BCUT2D eigenvalue weighted by molar-refractivity contribution is 0.415. The van der Waals surface area contributed by atoms with Crippen molar-refractivity contribution in [2.24, 2.45) is 0 Å². The van der Waals surface area contributed by atoms with Crippen LogP contribution in [0.3, 0.4) is 0 Å². The van der Waals surface area contributed by atoms with Crippen LogP contribution >= 0.6 is 11.6 Å². The number of aromatic hydroxyl groups is 1. The molecule has 0 radical (unpaired) electrons. The number of fused-ring (bicyclic) bond motifs is 1. The summed E-state index contributed by atoms with van der Waals surface area (Å²) in [5.41, 5.74) is 1.37. The van der Waals surface area contributed by atoms with Gasteiger partial charge in [-0.05, 0) is 30.7 Å². The third-order valence-corrected chi connectivity index (χ3v) is 3.69. The molecule has 0 aliphatic carbocycles. The molecule has 1 aromatic heterocycles. The molecule has 3 rings (SSSR count). The van der Waals surface area contributed by atoms with Crippen LogP contribution in [0.1, 0.15) is 5.56 Å². The topological polar surface area (TPSA) is 59.7 Å². The largest absolute Gasteiger partial charge is 0.507 e. The lowest BCUT2D eigenvalue weighted by Gasteiger charge is -2.08. The van der Waals surface area contributed by atoms with E-state index in [-0.39, 0.29) is 27.5 Å². The second-order valence-corrected chi connectivity index (χ2v) is 5.39. The molecule has 112 valence electrons. The Morgan fingerprint density at radius 1 is 1.18 bits per heavy atom.